The lowest BCUT2D eigenvalue weighted by Gasteiger charge is -2.34. The molecule has 168 valence electrons. The second-order valence-electron chi connectivity index (χ2n) is 8.98. The van der Waals surface area contributed by atoms with Crippen LogP contribution in [0.2, 0.25) is 0 Å². The van der Waals surface area contributed by atoms with Crippen LogP contribution in [-0.4, -0.2) is 52.9 Å². The molecule has 0 radical (unpaired) electrons. The van der Waals surface area contributed by atoms with Gasteiger partial charge in [0, 0.05) is 13.1 Å². The standard InChI is InChI=1S/C22H41N3O3S/c1-5-7-12-25-20(17-24-13-10-19(11-14-24)21(26)6-2)16-23-22(25)29(27,28)15-8-9-18(3)4/h16,18-19,21,26H,5-15,17H2,1-4H3/t21-/m1/s1. The van der Waals surface area contributed by atoms with E-state index in [2.05, 4.69) is 30.7 Å². The molecule has 1 saturated heterocycles. The molecule has 0 aliphatic carbocycles. The Hall–Kier alpha value is -0.920. The van der Waals surface area contributed by atoms with Gasteiger partial charge >= 0.3 is 0 Å². The van der Waals surface area contributed by atoms with E-state index in [-0.39, 0.29) is 17.0 Å². The second-order valence-corrected chi connectivity index (χ2v) is 11.0. The number of unbranched alkanes of at least 4 members (excludes halogenated alkanes) is 1. The maximum Gasteiger partial charge on any atom is 0.227 e. The summed E-state index contributed by atoms with van der Waals surface area (Å²) in [5.41, 5.74) is 0.996. The van der Waals surface area contributed by atoms with E-state index in [4.69, 9.17) is 0 Å². The van der Waals surface area contributed by atoms with Crippen molar-refractivity contribution in [2.75, 3.05) is 18.8 Å². The van der Waals surface area contributed by atoms with Crippen molar-refractivity contribution in [2.24, 2.45) is 11.8 Å². The number of sulfone groups is 1. The summed E-state index contributed by atoms with van der Waals surface area (Å²) in [6.07, 6.45) is 7.94. The lowest BCUT2D eigenvalue weighted by Crippen LogP contribution is -2.37. The van der Waals surface area contributed by atoms with Crippen LogP contribution in [0, 0.1) is 11.8 Å². The summed E-state index contributed by atoms with van der Waals surface area (Å²) in [6.45, 7) is 11.7. The molecule has 0 saturated carbocycles. The zero-order valence-corrected chi connectivity index (χ0v) is 19.6. The van der Waals surface area contributed by atoms with Crippen molar-refractivity contribution in [1.82, 2.24) is 14.5 Å². The zero-order chi connectivity index (χ0) is 21.4. The summed E-state index contributed by atoms with van der Waals surface area (Å²) in [5, 5.41) is 10.3. The Morgan fingerprint density at radius 3 is 2.48 bits per heavy atom. The van der Waals surface area contributed by atoms with Gasteiger partial charge in [0.1, 0.15) is 0 Å². The zero-order valence-electron chi connectivity index (χ0n) is 18.8. The molecule has 0 aromatic carbocycles. The number of rotatable bonds is 12. The largest absolute Gasteiger partial charge is 0.393 e. The van der Waals surface area contributed by atoms with Crippen LogP contribution in [0.15, 0.2) is 11.4 Å². The average molecular weight is 428 g/mol. The number of nitrogens with zero attached hydrogens (tertiary/aromatic N) is 3. The van der Waals surface area contributed by atoms with E-state index in [0.717, 1.165) is 63.9 Å². The maximum atomic E-state index is 12.9. The molecule has 0 amide bonds. The minimum atomic E-state index is -3.36. The summed E-state index contributed by atoms with van der Waals surface area (Å²) in [7, 11) is -3.36. The Labute approximate surface area is 177 Å². The minimum Gasteiger partial charge on any atom is -0.393 e. The van der Waals surface area contributed by atoms with Crippen molar-refractivity contribution in [3.63, 3.8) is 0 Å². The number of imidazole rings is 1. The number of likely N-dealkylation sites (tertiary alicyclic amines) is 1. The molecular weight excluding hydrogens is 386 g/mol. The van der Waals surface area contributed by atoms with Crippen molar-refractivity contribution in [3.8, 4) is 0 Å². The molecule has 1 aromatic heterocycles. The molecule has 1 atom stereocenters. The van der Waals surface area contributed by atoms with Gasteiger partial charge in [-0.05, 0) is 63.5 Å². The summed E-state index contributed by atoms with van der Waals surface area (Å²) in [5.74, 6) is 1.07. The molecule has 0 bridgehead atoms. The molecule has 1 aromatic rings. The van der Waals surface area contributed by atoms with Crippen LogP contribution < -0.4 is 0 Å². The van der Waals surface area contributed by atoms with Crippen LogP contribution in [0.3, 0.4) is 0 Å². The second kappa shape index (κ2) is 11.5. The fraction of sp³-hybridized carbons (Fsp3) is 0.864. The van der Waals surface area contributed by atoms with Gasteiger partial charge in [-0.2, -0.15) is 0 Å². The highest BCUT2D eigenvalue weighted by atomic mass is 32.2. The Morgan fingerprint density at radius 2 is 1.90 bits per heavy atom. The Kier molecular flexibility index (Phi) is 9.63. The minimum absolute atomic E-state index is 0.175. The lowest BCUT2D eigenvalue weighted by molar-refractivity contribution is 0.0543. The Bertz CT molecular complexity index is 707. The molecule has 0 unspecified atom stereocenters. The molecule has 0 spiro atoms. The van der Waals surface area contributed by atoms with Crippen molar-refractivity contribution in [3.05, 3.63) is 11.9 Å². The molecule has 1 fully saturated rings. The van der Waals surface area contributed by atoms with Crippen LogP contribution in [0.4, 0.5) is 0 Å². The van der Waals surface area contributed by atoms with Gasteiger partial charge in [-0.25, -0.2) is 13.4 Å². The number of aliphatic hydroxyl groups is 1. The van der Waals surface area contributed by atoms with Crippen LogP contribution >= 0.6 is 0 Å². The molecular formula is C22H41N3O3S. The third-order valence-electron chi connectivity index (χ3n) is 6.09. The number of hydrogen-bond donors (Lipinski definition) is 1. The van der Waals surface area contributed by atoms with Crippen LogP contribution in [0.1, 0.15) is 78.3 Å². The first kappa shape index (κ1) is 24.4. The van der Waals surface area contributed by atoms with Gasteiger partial charge in [0.15, 0.2) is 0 Å². The Balaban J connectivity index is 2.08. The molecule has 1 aliphatic rings. The highest BCUT2D eigenvalue weighted by Gasteiger charge is 2.27. The molecule has 1 aliphatic heterocycles. The first-order valence-electron chi connectivity index (χ1n) is 11.5. The van der Waals surface area contributed by atoms with Crippen LogP contribution in [0.25, 0.3) is 0 Å². The van der Waals surface area contributed by atoms with Gasteiger partial charge in [0.05, 0.1) is 23.7 Å². The summed E-state index contributed by atoms with van der Waals surface area (Å²) in [6, 6.07) is 0. The topological polar surface area (TPSA) is 75.4 Å². The average Bonchev–Trinajstić information content (AvgIpc) is 3.09. The van der Waals surface area contributed by atoms with Crippen LogP contribution in [-0.2, 0) is 22.9 Å². The predicted octanol–water partition coefficient (Wildman–Crippen LogP) is 3.88. The SMILES string of the molecule is CCCCn1c(CN2CCC([C@H](O)CC)CC2)cnc1S(=O)(=O)CCCC(C)C. The van der Waals surface area contributed by atoms with E-state index in [9.17, 15) is 13.5 Å². The van der Waals surface area contributed by atoms with E-state index < -0.39 is 9.84 Å². The maximum absolute atomic E-state index is 12.9. The monoisotopic (exact) mass is 427 g/mol. The molecule has 1 N–H and O–H groups in total. The normalized spacial score (nSPS) is 17.9. The van der Waals surface area contributed by atoms with Crippen LogP contribution in [0.5, 0.6) is 0 Å². The van der Waals surface area contributed by atoms with E-state index in [0.29, 0.717) is 24.8 Å². The van der Waals surface area contributed by atoms with E-state index in [1.54, 1.807) is 6.20 Å². The first-order valence-corrected chi connectivity index (χ1v) is 13.1. The van der Waals surface area contributed by atoms with Gasteiger partial charge in [-0.15, -0.1) is 0 Å². The van der Waals surface area contributed by atoms with E-state index in [1.807, 2.05) is 11.5 Å². The highest BCUT2D eigenvalue weighted by molar-refractivity contribution is 7.91. The molecule has 6 nitrogen and oxygen atoms in total. The highest BCUT2D eigenvalue weighted by Crippen LogP contribution is 2.24. The molecule has 2 heterocycles. The molecule has 29 heavy (non-hydrogen) atoms. The van der Waals surface area contributed by atoms with E-state index in [1.165, 1.54) is 0 Å². The fourth-order valence-electron chi connectivity index (χ4n) is 4.15. The van der Waals surface area contributed by atoms with Crippen molar-refractivity contribution in [2.45, 2.75) is 97.0 Å². The molecule has 2 rings (SSSR count). The lowest BCUT2D eigenvalue weighted by atomic mass is 9.90. The molecule has 7 heteroatoms. The smallest absolute Gasteiger partial charge is 0.227 e. The van der Waals surface area contributed by atoms with Crippen molar-refractivity contribution >= 4 is 9.84 Å². The van der Waals surface area contributed by atoms with Gasteiger partial charge in [-0.3, -0.25) is 4.90 Å². The number of hydrogen-bond acceptors (Lipinski definition) is 5. The summed E-state index contributed by atoms with van der Waals surface area (Å²) < 4.78 is 27.8. The quantitative estimate of drug-likeness (QED) is 0.548. The summed E-state index contributed by atoms with van der Waals surface area (Å²) >= 11 is 0. The van der Waals surface area contributed by atoms with Gasteiger partial charge in [0.25, 0.3) is 0 Å². The summed E-state index contributed by atoms with van der Waals surface area (Å²) in [4.78, 5) is 6.74. The van der Waals surface area contributed by atoms with Crippen molar-refractivity contribution in [1.29, 1.82) is 0 Å². The number of aliphatic hydroxyl groups excluding tert-OH is 1. The predicted molar refractivity (Wildman–Crippen MR) is 118 cm³/mol. The Morgan fingerprint density at radius 1 is 1.21 bits per heavy atom. The first-order chi connectivity index (χ1) is 13.8. The number of piperidine rings is 1. The number of aromatic nitrogens is 2. The third kappa shape index (κ3) is 7.07. The van der Waals surface area contributed by atoms with E-state index >= 15 is 0 Å². The van der Waals surface area contributed by atoms with Gasteiger partial charge in [0.2, 0.25) is 15.0 Å². The van der Waals surface area contributed by atoms with Crippen molar-refractivity contribution < 1.29 is 13.5 Å². The fourth-order valence-corrected chi connectivity index (χ4v) is 5.64. The van der Waals surface area contributed by atoms with Gasteiger partial charge < -0.3 is 9.67 Å². The van der Waals surface area contributed by atoms with Gasteiger partial charge in [-0.1, -0.05) is 34.1 Å². The third-order valence-corrected chi connectivity index (χ3v) is 7.80.